The van der Waals surface area contributed by atoms with Crippen LogP contribution in [0, 0.1) is 5.92 Å². The molecule has 1 atom stereocenters. The summed E-state index contributed by atoms with van der Waals surface area (Å²) in [6, 6.07) is 1.99. The topological polar surface area (TPSA) is 106 Å². The van der Waals surface area contributed by atoms with Gasteiger partial charge in [-0.25, -0.2) is 4.98 Å². The molecule has 2 aromatic rings. The zero-order valence-corrected chi connectivity index (χ0v) is 14.3. The van der Waals surface area contributed by atoms with Crippen LogP contribution in [0.4, 0.5) is 11.8 Å². The number of pyridine rings is 1. The number of aryl methyl sites for hydroxylation is 1. The first-order valence-corrected chi connectivity index (χ1v) is 8.73. The molecule has 4 rings (SSSR count). The molecule has 0 amide bonds. The van der Waals surface area contributed by atoms with Crippen LogP contribution in [0.3, 0.4) is 0 Å². The fourth-order valence-corrected chi connectivity index (χ4v) is 3.81. The number of nitrogens with zero attached hydrogens (tertiary/aromatic N) is 3. The molecule has 0 aromatic carbocycles. The number of nitrogen functional groups attached to an aromatic ring is 1. The number of fused-ring (bicyclic) bond motifs is 1. The van der Waals surface area contributed by atoms with Crippen molar-refractivity contribution in [1.82, 2.24) is 15.0 Å². The number of aromatic nitrogens is 3. The molecule has 4 N–H and O–H groups in total. The summed E-state index contributed by atoms with van der Waals surface area (Å²) in [5, 5.41) is 13.3. The number of aliphatic hydroxyl groups excluding tert-OH is 1. The van der Waals surface area contributed by atoms with Crippen molar-refractivity contribution in [3.8, 4) is 5.75 Å². The van der Waals surface area contributed by atoms with Gasteiger partial charge < -0.3 is 20.9 Å². The molecule has 2 aliphatic carbocycles. The average Bonchev–Trinajstić information content (AvgIpc) is 3.05. The number of aliphatic hydroxyl groups is 1. The van der Waals surface area contributed by atoms with E-state index >= 15 is 0 Å². The van der Waals surface area contributed by atoms with E-state index in [0.29, 0.717) is 11.9 Å². The van der Waals surface area contributed by atoms with Gasteiger partial charge in [0.15, 0.2) is 0 Å². The predicted molar refractivity (Wildman–Crippen MR) is 94.4 cm³/mol. The minimum atomic E-state index is -0.228. The van der Waals surface area contributed by atoms with E-state index in [-0.39, 0.29) is 12.1 Å². The van der Waals surface area contributed by atoms with E-state index in [4.69, 9.17) is 10.5 Å². The molecule has 0 spiro atoms. The third-order valence-corrected chi connectivity index (χ3v) is 5.19. The van der Waals surface area contributed by atoms with Gasteiger partial charge in [-0.3, -0.25) is 4.98 Å². The number of nitrogens with one attached hydrogen (secondary N) is 1. The number of anilines is 2. The van der Waals surface area contributed by atoms with E-state index in [1.165, 1.54) is 0 Å². The summed E-state index contributed by atoms with van der Waals surface area (Å²) in [4.78, 5) is 13.1. The Morgan fingerprint density at radius 2 is 2.12 bits per heavy atom. The van der Waals surface area contributed by atoms with E-state index < -0.39 is 0 Å². The Hall–Kier alpha value is -2.41. The van der Waals surface area contributed by atoms with Crippen LogP contribution in [-0.4, -0.2) is 33.3 Å². The molecule has 0 unspecified atom stereocenters. The number of ether oxygens (including phenoxy) is 1. The summed E-state index contributed by atoms with van der Waals surface area (Å²) in [7, 11) is 1.63. The van der Waals surface area contributed by atoms with Gasteiger partial charge in [0, 0.05) is 11.8 Å². The first-order valence-electron chi connectivity index (χ1n) is 8.73. The van der Waals surface area contributed by atoms with Gasteiger partial charge in [-0.05, 0) is 49.7 Å². The Kier molecular flexibility index (Phi) is 4.17. The lowest BCUT2D eigenvalue weighted by Gasteiger charge is -2.38. The summed E-state index contributed by atoms with van der Waals surface area (Å²) in [6.07, 6.45) is 7.82. The van der Waals surface area contributed by atoms with Crippen LogP contribution in [0.25, 0.3) is 0 Å². The lowest BCUT2D eigenvalue weighted by Crippen LogP contribution is -2.36. The van der Waals surface area contributed by atoms with Gasteiger partial charge in [-0.2, -0.15) is 4.98 Å². The maximum Gasteiger partial charge on any atom is 0.222 e. The Bertz CT molecular complexity index is 776. The highest BCUT2D eigenvalue weighted by molar-refractivity contribution is 5.53. The van der Waals surface area contributed by atoms with E-state index in [2.05, 4.69) is 20.3 Å². The van der Waals surface area contributed by atoms with Crippen LogP contribution >= 0.6 is 0 Å². The quantitative estimate of drug-likeness (QED) is 0.762. The van der Waals surface area contributed by atoms with E-state index in [1.807, 2.05) is 12.3 Å². The van der Waals surface area contributed by atoms with Crippen LogP contribution in [-0.2, 0) is 12.8 Å². The van der Waals surface area contributed by atoms with Crippen molar-refractivity contribution in [2.45, 2.75) is 44.2 Å². The third-order valence-electron chi connectivity index (χ3n) is 5.19. The number of methoxy groups -OCH3 is 1. The zero-order valence-electron chi connectivity index (χ0n) is 14.3. The molecule has 2 aliphatic rings. The number of nitrogens with two attached hydrogens (primary N) is 1. The van der Waals surface area contributed by atoms with Crippen LogP contribution < -0.4 is 15.8 Å². The standard InChI is InChI=1S/C18H23N5O2/c1-25-13-7-11(8-20-9-13)16(10-5-12(24)6-10)22-17-14-3-2-4-15(14)21-18(19)23-17/h7-10,12,16,24H,2-6H2,1H3,(H3,19,21,22,23)/t10?,12?,16-/m0/s1. The Labute approximate surface area is 146 Å². The van der Waals surface area contributed by atoms with Gasteiger partial charge >= 0.3 is 0 Å². The number of hydrogen-bond donors (Lipinski definition) is 3. The molecule has 0 radical (unpaired) electrons. The highest BCUT2D eigenvalue weighted by Crippen LogP contribution is 2.41. The first-order chi connectivity index (χ1) is 12.1. The fraction of sp³-hybridized carbons (Fsp3) is 0.500. The largest absolute Gasteiger partial charge is 0.495 e. The second-order valence-electron chi connectivity index (χ2n) is 6.87. The Balaban J connectivity index is 1.68. The van der Waals surface area contributed by atoms with Gasteiger partial charge in [-0.1, -0.05) is 0 Å². The summed E-state index contributed by atoms with van der Waals surface area (Å²) in [6.45, 7) is 0. The second kappa shape index (κ2) is 6.48. The minimum Gasteiger partial charge on any atom is -0.495 e. The van der Waals surface area contributed by atoms with Crippen molar-refractivity contribution < 1.29 is 9.84 Å². The SMILES string of the molecule is COc1cncc([C@@H](Nc2nc(N)nc3c2CCC3)C2CC(O)C2)c1. The monoisotopic (exact) mass is 341 g/mol. The van der Waals surface area contributed by atoms with Crippen molar-refractivity contribution in [2.24, 2.45) is 5.92 Å². The number of rotatable bonds is 5. The molecule has 7 heteroatoms. The molecule has 2 aromatic heterocycles. The van der Waals surface area contributed by atoms with Crippen LogP contribution in [0.2, 0.25) is 0 Å². The normalized spacial score (nSPS) is 22.8. The van der Waals surface area contributed by atoms with E-state index in [9.17, 15) is 5.11 Å². The maximum absolute atomic E-state index is 9.77. The molecular weight excluding hydrogens is 318 g/mol. The molecule has 0 bridgehead atoms. The van der Waals surface area contributed by atoms with Crippen molar-refractivity contribution in [1.29, 1.82) is 0 Å². The van der Waals surface area contributed by atoms with Crippen LogP contribution in [0.5, 0.6) is 5.75 Å². The van der Waals surface area contributed by atoms with Crippen LogP contribution in [0.1, 0.15) is 42.1 Å². The highest BCUT2D eigenvalue weighted by Gasteiger charge is 2.36. The fourth-order valence-electron chi connectivity index (χ4n) is 3.81. The van der Waals surface area contributed by atoms with Gasteiger partial charge in [0.25, 0.3) is 0 Å². The predicted octanol–water partition coefficient (Wildman–Crippen LogP) is 1.88. The molecule has 132 valence electrons. The summed E-state index contributed by atoms with van der Waals surface area (Å²) in [5.41, 5.74) is 9.14. The Morgan fingerprint density at radius 3 is 2.88 bits per heavy atom. The van der Waals surface area contributed by atoms with Crippen LogP contribution in [0.15, 0.2) is 18.5 Å². The highest BCUT2D eigenvalue weighted by atomic mass is 16.5. The zero-order chi connectivity index (χ0) is 17.4. The lowest BCUT2D eigenvalue weighted by molar-refractivity contribution is 0.0338. The van der Waals surface area contributed by atoms with Gasteiger partial charge in [0.05, 0.1) is 31.1 Å². The van der Waals surface area contributed by atoms with Crippen molar-refractivity contribution in [2.75, 3.05) is 18.2 Å². The lowest BCUT2D eigenvalue weighted by atomic mass is 9.75. The van der Waals surface area contributed by atoms with Gasteiger partial charge in [0.2, 0.25) is 5.95 Å². The van der Waals surface area contributed by atoms with Gasteiger partial charge in [-0.15, -0.1) is 0 Å². The molecule has 0 saturated heterocycles. The van der Waals surface area contributed by atoms with Gasteiger partial charge in [0.1, 0.15) is 11.6 Å². The molecule has 7 nitrogen and oxygen atoms in total. The third kappa shape index (κ3) is 3.11. The summed E-state index contributed by atoms with van der Waals surface area (Å²) >= 11 is 0. The van der Waals surface area contributed by atoms with E-state index in [0.717, 1.165) is 60.5 Å². The van der Waals surface area contributed by atoms with Crippen molar-refractivity contribution >= 4 is 11.8 Å². The maximum atomic E-state index is 9.77. The minimum absolute atomic E-state index is 0.00463. The molecule has 25 heavy (non-hydrogen) atoms. The Morgan fingerprint density at radius 1 is 1.28 bits per heavy atom. The van der Waals surface area contributed by atoms with Crippen molar-refractivity contribution in [3.05, 3.63) is 35.3 Å². The summed E-state index contributed by atoms with van der Waals surface area (Å²) in [5.74, 6) is 2.15. The molecule has 1 saturated carbocycles. The second-order valence-corrected chi connectivity index (χ2v) is 6.87. The average molecular weight is 341 g/mol. The molecule has 2 heterocycles. The van der Waals surface area contributed by atoms with Crippen molar-refractivity contribution in [3.63, 3.8) is 0 Å². The molecular formula is C18H23N5O2. The molecule has 0 aliphatic heterocycles. The first kappa shape index (κ1) is 16.1. The smallest absolute Gasteiger partial charge is 0.222 e. The number of hydrogen-bond acceptors (Lipinski definition) is 7. The van der Waals surface area contributed by atoms with E-state index in [1.54, 1.807) is 13.3 Å². The summed E-state index contributed by atoms with van der Waals surface area (Å²) < 4.78 is 5.32. The molecule has 1 fully saturated rings.